The number of aryl methyl sites for hydroxylation is 1. The number of nitrogens with zero attached hydrogens (tertiary/aromatic N) is 1. The van der Waals surface area contributed by atoms with Crippen LogP contribution in [0.4, 0.5) is 5.69 Å². The molecule has 2 amide bonds. The van der Waals surface area contributed by atoms with Crippen molar-refractivity contribution < 1.29 is 14.0 Å². The van der Waals surface area contributed by atoms with Gasteiger partial charge in [0.1, 0.15) is 11.5 Å². The second-order valence-electron chi connectivity index (χ2n) is 5.95. The fourth-order valence-electron chi connectivity index (χ4n) is 2.68. The molecule has 1 aromatic carbocycles. The quantitative estimate of drug-likeness (QED) is 0.723. The maximum absolute atomic E-state index is 12.2. The van der Waals surface area contributed by atoms with E-state index in [4.69, 9.17) is 4.42 Å². The molecule has 0 bridgehead atoms. The van der Waals surface area contributed by atoms with Gasteiger partial charge in [-0.1, -0.05) is 27.7 Å². The van der Waals surface area contributed by atoms with Crippen LogP contribution in [0.15, 0.2) is 55.9 Å². The monoisotopic (exact) mass is 445 g/mol. The second kappa shape index (κ2) is 8.46. The third-order valence-corrected chi connectivity index (χ3v) is 5.48. The van der Waals surface area contributed by atoms with Gasteiger partial charge >= 0.3 is 0 Å². The van der Waals surface area contributed by atoms with E-state index in [1.807, 2.05) is 19.1 Å². The van der Waals surface area contributed by atoms with Gasteiger partial charge < -0.3 is 15.1 Å². The smallest absolute Gasteiger partial charge is 0.234 e. The van der Waals surface area contributed by atoms with Gasteiger partial charge in [0.2, 0.25) is 11.8 Å². The second-order valence-corrected chi connectivity index (χ2v) is 7.85. The summed E-state index contributed by atoms with van der Waals surface area (Å²) in [6.07, 6.45) is 0.144. The number of carbonyl (C=O) groups is 2. The number of carbonyl (C=O) groups excluding carboxylic acids is 2. The van der Waals surface area contributed by atoms with E-state index in [0.717, 1.165) is 22.0 Å². The van der Waals surface area contributed by atoms with Gasteiger partial charge in [-0.2, -0.15) is 5.26 Å². The lowest BCUT2D eigenvalue weighted by Gasteiger charge is -2.23. The maximum atomic E-state index is 12.2. The van der Waals surface area contributed by atoms with Gasteiger partial charge in [0, 0.05) is 16.6 Å². The van der Waals surface area contributed by atoms with Crippen LogP contribution in [0.2, 0.25) is 0 Å². The highest BCUT2D eigenvalue weighted by molar-refractivity contribution is 9.10. The number of amides is 2. The number of thioether (sulfide) groups is 1. The number of allylic oxidation sites excluding steroid dienone is 1. The first kappa shape index (κ1) is 19.3. The average molecular weight is 446 g/mol. The number of halogens is 1. The Hall–Kier alpha value is -2.50. The van der Waals surface area contributed by atoms with Crippen LogP contribution in [0.1, 0.15) is 23.9 Å². The van der Waals surface area contributed by atoms with Crippen molar-refractivity contribution in [1.82, 2.24) is 5.32 Å². The molecule has 0 saturated heterocycles. The molecule has 2 heterocycles. The molecule has 1 aliphatic heterocycles. The summed E-state index contributed by atoms with van der Waals surface area (Å²) in [6.45, 7) is 1.81. The van der Waals surface area contributed by atoms with Gasteiger partial charge in [-0.3, -0.25) is 9.59 Å². The molecule has 2 aromatic rings. The molecule has 0 unspecified atom stereocenters. The minimum Gasteiger partial charge on any atom is -0.466 e. The van der Waals surface area contributed by atoms with E-state index in [1.54, 1.807) is 24.3 Å². The lowest BCUT2D eigenvalue weighted by atomic mass is 9.92. The van der Waals surface area contributed by atoms with Crippen LogP contribution in [0.25, 0.3) is 0 Å². The van der Waals surface area contributed by atoms with Crippen molar-refractivity contribution >= 4 is 45.2 Å². The average Bonchev–Trinajstić information content (AvgIpc) is 3.07. The minimum absolute atomic E-state index is 0.0702. The van der Waals surface area contributed by atoms with E-state index in [1.165, 1.54) is 0 Å². The van der Waals surface area contributed by atoms with Crippen LogP contribution < -0.4 is 10.6 Å². The first-order chi connectivity index (χ1) is 13.0. The van der Waals surface area contributed by atoms with E-state index in [-0.39, 0.29) is 24.0 Å². The van der Waals surface area contributed by atoms with Crippen LogP contribution in [-0.2, 0) is 9.59 Å². The molecule has 1 atom stereocenters. The summed E-state index contributed by atoms with van der Waals surface area (Å²) in [5.41, 5.74) is 1.08. The number of nitriles is 1. The molecule has 138 valence electrons. The zero-order valence-electron chi connectivity index (χ0n) is 14.4. The molecule has 8 heteroatoms. The molecule has 2 N–H and O–H groups in total. The molecule has 0 fully saturated rings. The summed E-state index contributed by atoms with van der Waals surface area (Å²) in [6, 6.07) is 13.0. The molecule has 0 radical (unpaired) electrons. The van der Waals surface area contributed by atoms with Gasteiger partial charge in [0.25, 0.3) is 0 Å². The van der Waals surface area contributed by atoms with Crippen LogP contribution in [0.3, 0.4) is 0 Å². The summed E-state index contributed by atoms with van der Waals surface area (Å²) < 4.78 is 6.53. The lowest BCUT2D eigenvalue weighted by molar-refractivity contribution is -0.121. The molecule has 1 aromatic heterocycles. The first-order valence-corrected chi connectivity index (χ1v) is 9.93. The minimum atomic E-state index is -0.436. The Bertz CT molecular complexity index is 944. The SMILES string of the molecule is Cc1ccc([C@@H]2CC(=O)NC(SCC(=O)Nc3ccc(Br)cc3)=C2C#N)o1. The van der Waals surface area contributed by atoms with Crippen molar-refractivity contribution in [3.05, 3.63) is 63.0 Å². The van der Waals surface area contributed by atoms with E-state index in [2.05, 4.69) is 32.6 Å². The summed E-state index contributed by atoms with van der Waals surface area (Å²) in [4.78, 5) is 24.3. The summed E-state index contributed by atoms with van der Waals surface area (Å²) >= 11 is 4.47. The highest BCUT2D eigenvalue weighted by Gasteiger charge is 2.31. The standard InChI is InChI=1S/C19H16BrN3O3S/c1-11-2-7-16(26-11)14-8-17(24)23-19(15(14)9-21)27-10-18(25)22-13-5-3-12(20)4-6-13/h2-7,14H,8,10H2,1H3,(H,22,25)(H,23,24)/t14-/m1/s1. The van der Waals surface area contributed by atoms with Crippen LogP contribution >= 0.6 is 27.7 Å². The van der Waals surface area contributed by atoms with Gasteiger partial charge in [-0.15, -0.1) is 0 Å². The van der Waals surface area contributed by atoms with Crippen LogP contribution in [0.5, 0.6) is 0 Å². The number of anilines is 1. The molecule has 6 nitrogen and oxygen atoms in total. The maximum Gasteiger partial charge on any atom is 0.234 e. The topological polar surface area (TPSA) is 95.1 Å². The van der Waals surface area contributed by atoms with Crippen molar-refractivity contribution in [2.45, 2.75) is 19.3 Å². The molecule has 3 rings (SSSR count). The fraction of sp³-hybridized carbons (Fsp3) is 0.211. The van der Waals surface area contributed by atoms with Gasteiger partial charge in [-0.25, -0.2) is 0 Å². The highest BCUT2D eigenvalue weighted by Crippen LogP contribution is 2.36. The fourth-order valence-corrected chi connectivity index (χ4v) is 3.83. The van der Waals surface area contributed by atoms with Crippen molar-refractivity contribution in [1.29, 1.82) is 5.26 Å². The van der Waals surface area contributed by atoms with Crippen molar-refractivity contribution in [2.75, 3.05) is 11.1 Å². The number of furan rings is 1. The third-order valence-electron chi connectivity index (χ3n) is 3.94. The largest absolute Gasteiger partial charge is 0.466 e. The Kier molecular flexibility index (Phi) is 6.04. The van der Waals surface area contributed by atoms with E-state index >= 15 is 0 Å². The Labute approximate surface area is 169 Å². The Morgan fingerprint density at radius 1 is 1.37 bits per heavy atom. The third kappa shape index (κ3) is 4.81. The number of nitrogens with one attached hydrogen (secondary N) is 2. The number of rotatable bonds is 5. The van der Waals surface area contributed by atoms with Gasteiger partial charge in [0.05, 0.1) is 28.3 Å². The normalized spacial score (nSPS) is 16.6. The Morgan fingerprint density at radius 3 is 2.74 bits per heavy atom. The predicted molar refractivity (Wildman–Crippen MR) is 107 cm³/mol. The Balaban J connectivity index is 1.72. The van der Waals surface area contributed by atoms with Crippen LogP contribution in [-0.4, -0.2) is 17.6 Å². The summed E-state index contributed by atoms with van der Waals surface area (Å²) in [7, 11) is 0. The lowest BCUT2D eigenvalue weighted by Crippen LogP contribution is -2.31. The number of hydrogen-bond donors (Lipinski definition) is 2. The molecule has 27 heavy (non-hydrogen) atoms. The van der Waals surface area contributed by atoms with Crippen molar-refractivity contribution in [3.8, 4) is 6.07 Å². The molecule has 0 saturated carbocycles. The molecule has 0 spiro atoms. The summed E-state index contributed by atoms with van der Waals surface area (Å²) in [5.74, 6) is 0.504. The number of benzene rings is 1. The molecular formula is C19H16BrN3O3S. The van der Waals surface area contributed by atoms with Gasteiger partial charge in [0.15, 0.2) is 0 Å². The highest BCUT2D eigenvalue weighted by atomic mass is 79.9. The van der Waals surface area contributed by atoms with Crippen molar-refractivity contribution in [2.24, 2.45) is 0 Å². The van der Waals surface area contributed by atoms with Crippen molar-refractivity contribution in [3.63, 3.8) is 0 Å². The molecule has 1 aliphatic rings. The van der Waals surface area contributed by atoms with Crippen LogP contribution in [0, 0.1) is 18.3 Å². The first-order valence-electron chi connectivity index (χ1n) is 8.15. The zero-order chi connectivity index (χ0) is 19.4. The summed E-state index contributed by atoms with van der Waals surface area (Å²) in [5, 5.41) is 15.5. The Morgan fingerprint density at radius 2 is 2.11 bits per heavy atom. The van der Waals surface area contributed by atoms with E-state index < -0.39 is 5.92 Å². The van der Waals surface area contributed by atoms with Gasteiger partial charge in [-0.05, 0) is 43.3 Å². The molecule has 0 aliphatic carbocycles. The predicted octanol–water partition coefficient (Wildman–Crippen LogP) is 4.06. The number of hydrogen-bond acceptors (Lipinski definition) is 5. The molecular weight excluding hydrogens is 430 g/mol. The van der Waals surface area contributed by atoms with E-state index in [9.17, 15) is 14.9 Å². The zero-order valence-corrected chi connectivity index (χ0v) is 16.8. The van der Waals surface area contributed by atoms with E-state index in [0.29, 0.717) is 22.0 Å².